The highest BCUT2D eigenvalue weighted by Crippen LogP contribution is 2.32. The van der Waals surface area contributed by atoms with Gasteiger partial charge in [-0.15, -0.1) is 0 Å². The van der Waals surface area contributed by atoms with Gasteiger partial charge in [-0.2, -0.15) is 0 Å². The first-order valence-electron chi connectivity index (χ1n) is 4.58. The first kappa shape index (κ1) is 11.9. The summed E-state index contributed by atoms with van der Waals surface area (Å²) in [4.78, 5) is 9.20. The Morgan fingerprint density at radius 1 is 1.38 bits per heavy atom. The molecule has 0 amide bonds. The molecule has 16 heavy (non-hydrogen) atoms. The minimum atomic E-state index is 0.262. The maximum atomic E-state index is 5.76. The Labute approximate surface area is 112 Å². The highest BCUT2D eigenvalue weighted by molar-refractivity contribution is 9.10. The van der Waals surface area contributed by atoms with E-state index in [-0.39, 0.29) is 5.28 Å². The van der Waals surface area contributed by atoms with Gasteiger partial charge in [0.15, 0.2) is 0 Å². The van der Waals surface area contributed by atoms with Crippen molar-refractivity contribution in [3.8, 4) is 0 Å². The summed E-state index contributed by atoms with van der Waals surface area (Å²) in [5, 5.41) is 1.09. The standard InChI is InChI=1S/C11H8BrClN2S/c1-7-3-2-4-8(5-7)16-10-9(12)6-14-11(13)15-10/h2-6H,1H3. The lowest BCUT2D eigenvalue weighted by Gasteiger charge is -2.03. The van der Waals surface area contributed by atoms with E-state index < -0.39 is 0 Å². The van der Waals surface area contributed by atoms with E-state index in [0.717, 1.165) is 14.4 Å². The average molecular weight is 316 g/mol. The van der Waals surface area contributed by atoms with Crippen molar-refractivity contribution in [3.63, 3.8) is 0 Å². The zero-order chi connectivity index (χ0) is 11.5. The molecule has 5 heteroatoms. The summed E-state index contributed by atoms with van der Waals surface area (Å²) in [5.41, 5.74) is 1.22. The van der Waals surface area contributed by atoms with E-state index in [9.17, 15) is 0 Å². The molecule has 1 aromatic carbocycles. The van der Waals surface area contributed by atoms with E-state index in [4.69, 9.17) is 11.6 Å². The van der Waals surface area contributed by atoms with Crippen LogP contribution in [0, 0.1) is 6.92 Å². The minimum Gasteiger partial charge on any atom is -0.225 e. The predicted octanol–water partition coefficient (Wildman–Crippen LogP) is 4.35. The van der Waals surface area contributed by atoms with E-state index in [0.29, 0.717) is 0 Å². The molecule has 0 bridgehead atoms. The number of aromatic nitrogens is 2. The largest absolute Gasteiger partial charge is 0.225 e. The molecule has 0 aliphatic heterocycles. The number of halogens is 2. The summed E-state index contributed by atoms with van der Waals surface area (Å²) in [6.45, 7) is 2.06. The first-order chi connectivity index (χ1) is 7.65. The van der Waals surface area contributed by atoms with Crippen molar-refractivity contribution < 1.29 is 0 Å². The molecule has 82 valence electrons. The van der Waals surface area contributed by atoms with Crippen molar-refractivity contribution >= 4 is 39.3 Å². The Morgan fingerprint density at radius 3 is 2.94 bits per heavy atom. The summed E-state index contributed by atoms with van der Waals surface area (Å²) < 4.78 is 0.850. The van der Waals surface area contributed by atoms with Crippen molar-refractivity contribution in [3.05, 3.63) is 45.8 Å². The van der Waals surface area contributed by atoms with Crippen LogP contribution in [0.4, 0.5) is 0 Å². The number of hydrogen-bond acceptors (Lipinski definition) is 3. The summed E-state index contributed by atoms with van der Waals surface area (Å²) in [6.07, 6.45) is 1.66. The van der Waals surface area contributed by atoms with Crippen LogP contribution in [-0.2, 0) is 0 Å². The fourth-order valence-corrected chi connectivity index (χ4v) is 2.71. The topological polar surface area (TPSA) is 25.8 Å². The van der Waals surface area contributed by atoms with Gasteiger partial charge in [-0.1, -0.05) is 29.5 Å². The molecule has 0 saturated heterocycles. The van der Waals surface area contributed by atoms with Crippen LogP contribution >= 0.6 is 39.3 Å². The molecular formula is C11H8BrClN2S. The van der Waals surface area contributed by atoms with Crippen molar-refractivity contribution in [2.75, 3.05) is 0 Å². The third-order valence-corrected chi connectivity index (χ3v) is 3.91. The summed E-state index contributed by atoms with van der Waals surface area (Å²) in [6, 6.07) is 8.23. The van der Waals surface area contributed by atoms with Crippen molar-refractivity contribution in [1.29, 1.82) is 0 Å². The van der Waals surface area contributed by atoms with Gasteiger partial charge in [0.2, 0.25) is 5.28 Å². The van der Waals surface area contributed by atoms with E-state index in [1.54, 1.807) is 18.0 Å². The lowest BCUT2D eigenvalue weighted by Crippen LogP contribution is -1.86. The molecule has 0 saturated carbocycles. The van der Waals surface area contributed by atoms with Gasteiger partial charge in [0.1, 0.15) is 5.03 Å². The average Bonchev–Trinajstić information content (AvgIpc) is 2.24. The normalized spacial score (nSPS) is 10.4. The highest BCUT2D eigenvalue weighted by Gasteiger charge is 2.06. The Bertz CT molecular complexity index is 519. The van der Waals surface area contributed by atoms with Gasteiger partial charge >= 0.3 is 0 Å². The van der Waals surface area contributed by atoms with Gasteiger partial charge in [0, 0.05) is 11.1 Å². The van der Waals surface area contributed by atoms with Crippen molar-refractivity contribution in [2.24, 2.45) is 0 Å². The molecular weight excluding hydrogens is 308 g/mol. The summed E-state index contributed by atoms with van der Waals surface area (Å²) in [7, 11) is 0. The van der Waals surface area contributed by atoms with Crippen LogP contribution in [0.3, 0.4) is 0 Å². The van der Waals surface area contributed by atoms with Crippen LogP contribution in [0.1, 0.15) is 5.56 Å². The maximum Gasteiger partial charge on any atom is 0.223 e. The number of rotatable bonds is 2. The van der Waals surface area contributed by atoms with Gasteiger partial charge in [-0.25, -0.2) is 9.97 Å². The lowest BCUT2D eigenvalue weighted by molar-refractivity contribution is 1.03. The second-order valence-corrected chi connectivity index (χ2v) is 5.47. The number of benzene rings is 1. The third-order valence-electron chi connectivity index (χ3n) is 1.89. The SMILES string of the molecule is Cc1cccc(Sc2nc(Cl)ncc2Br)c1. The molecule has 2 rings (SSSR count). The van der Waals surface area contributed by atoms with Crippen LogP contribution < -0.4 is 0 Å². The van der Waals surface area contributed by atoms with Gasteiger partial charge in [0.05, 0.1) is 4.47 Å². The van der Waals surface area contributed by atoms with Crippen molar-refractivity contribution in [2.45, 2.75) is 16.8 Å². The Kier molecular flexibility index (Phi) is 3.84. The molecule has 1 aromatic heterocycles. The van der Waals surface area contributed by atoms with Gasteiger partial charge < -0.3 is 0 Å². The predicted molar refractivity (Wildman–Crippen MR) is 70.0 cm³/mol. The molecule has 0 N–H and O–H groups in total. The number of aryl methyl sites for hydroxylation is 1. The number of hydrogen-bond donors (Lipinski definition) is 0. The Balaban J connectivity index is 2.30. The second kappa shape index (κ2) is 5.17. The Hall–Kier alpha value is -0.580. The van der Waals surface area contributed by atoms with Crippen LogP contribution in [0.2, 0.25) is 5.28 Å². The van der Waals surface area contributed by atoms with Crippen LogP contribution in [-0.4, -0.2) is 9.97 Å². The first-order valence-corrected chi connectivity index (χ1v) is 6.56. The molecule has 0 aliphatic carbocycles. The van der Waals surface area contributed by atoms with Gasteiger partial charge in [0.25, 0.3) is 0 Å². The number of nitrogens with zero attached hydrogens (tertiary/aromatic N) is 2. The molecule has 0 spiro atoms. The third kappa shape index (κ3) is 2.97. The molecule has 1 heterocycles. The fraction of sp³-hybridized carbons (Fsp3) is 0.0909. The smallest absolute Gasteiger partial charge is 0.223 e. The molecule has 0 fully saturated rings. The molecule has 2 aromatic rings. The fourth-order valence-electron chi connectivity index (χ4n) is 1.19. The zero-order valence-electron chi connectivity index (χ0n) is 8.45. The zero-order valence-corrected chi connectivity index (χ0v) is 11.6. The summed E-state index contributed by atoms with van der Waals surface area (Å²) in [5.74, 6) is 0. The van der Waals surface area contributed by atoms with E-state index in [2.05, 4.69) is 45.0 Å². The van der Waals surface area contributed by atoms with Crippen LogP contribution in [0.15, 0.2) is 44.9 Å². The van der Waals surface area contributed by atoms with E-state index in [1.165, 1.54) is 5.56 Å². The molecule has 0 unspecified atom stereocenters. The molecule has 0 atom stereocenters. The van der Waals surface area contributed by atoms with E-state index in [1.807, 2.05) is 12.1 Å². The summed E-state index contributed by atoms with van der Waals surface area (Å²) >= 11 is 10.7. The van der Waals surface area contributed by atoms with Crippen LogP contribution in [0.5, 0.6) is 0 Å². The maximum absolute atomic E-state index is 5.76. The quantitative estimate of drug-likeness (QED) is 0.608. The van der Waals surface area contributed by atoms with Crippen molar-refractivity contribution in [1.82, 2.24) is 9.97 Å². The molecule has 0 aliphatic rings. The highest BCUT2D eigenvalue weighted by atomic mass is 79.9. The van der Waals surface area contributed by atoms with Gasteiger partial charge in [-0.05, 0) is 46.6 Å². The molecule has 0 radical (unpaired) electrons. The minimum absolute atomic E-state index is 0.262. The monoisotopic (exact) mass is 314 g/mol. The van der Waals surface area contributed by atoms with Crippen LogP contribution in [0.25, 0.3) is 0 Å². The Morgan fingerprint density at radius 2 is 2.19 bits per heavy atom. The second-order valence-electron chi connectivity index (χ2n) is 3.21. The molecule has 2 nitrogen and oxygen atoms in total. The van der Waals surface area contributed by atoms with E-state index >= 15 is 0 Å². The lowest BCUT2D eigenvalue weighted by atomic mass is 10.2. The van der Waals surface area contributed by atoms with Gasteiger partial charge in [-0.3, -0.25) is 0 Å².